The van der Waals surface area contributed by atoms with Crippen LogP contribution in [0.25, 0.3) is 11.3 Å². The van der Waals surface area contributed by atoms with Gasteiger partial charge in [0.25, 0.3) is 5.91 Å². The molecule has 0 spiro atoms. The Kier molecular flexibility index (Phi) is 6.77. The van der Waals surface area contributed by atoms with Gasteiger partial charge in [0.1, 0.15) is 17.1 Å². The second-order valence-corrected chi connectivity index (χ2v) is 9.75. The fourth-order valence-corrected chi connectivity index (χ4v) is 4.64. The van der Waals surface area contributed by atoms with Gasteiger partial charge in [0.2, 0.25) is 0 Å². The maximum atomic E-state index is 13.5. The van der Waals surface area contributed by atoms with Gasteiger partial charge in [-0.05, 0) is 44.0 Å². The van der Waals surface area contributed by atoms with Crippen LogP contribution in [0.3, 0.4) is 0 Å². The van der Waals surface area contributed by atoms with E-state index in [9.17, 15) is 19.1 Å². The van der Waals surface area contributed by atoms with Crippen molar-refractivity contribution in [1.82, 2.24) is 14.9 Å². The summed E-state index contributed by atoms with van der Waals surface area (Å²) in [6.07, 6.45) is 2.97. The molecule has 2 unspecified atom stereocenters. The molecule has 2 heterocycles. The lowest BCUT2D eigenvalue weighted by atomic mass is 9.80. The molecule has 188 valence electrons. The molecule has 2 aromatic carbocycles. The molecular weight excluding hydrogens is 463 g/mol. The Labute approximate surface area is 208 Å². The number of hydrogen-bond donors (Lipinski definition) is 2. The Balaban J connectivity index is 1.54. The van der Waals surface area contributed by atoms with Crippen molar-refractivity contribution in [3.63, 3.8) is 0 Å². The summed E-state index contributed by atoms with van der Waals surface area (Å²) in [7, 11) is 0. The predicted molar refractivity (Wildman–Crippen MR) is 131 cm³/mol. The average Bonchev–Trinajstić information content (AvgIpc) is 2.83. The summed E-state index contributed by atoms with van der Waals surface area (Å²) in [4.78, 5) is 34.5. The minimum atomic E-state index is -1.10. The molecule has 2 amide bonds. The van der Waals surface area contributed by atoms with Crippen molar-refractivity contribution in [3.8, 4) is 11.3 Å². The van der Waals surface area contributed by atoms with Gasteiger partial charge in [-0.15, -0.1) is 0 Å². The van der Waals surface area contributed by atoms with E-state index in [1.807, 2.05) is 31.2 Å². The second kappa shape index (κ2) is 9.66. The molecule has 8 nitrogen and oxygen atoms in total. The number of cyclic esters (lactones) is 1. The Morgan fingerprint density at radius 2 is 1.86 bits per heavy atom. The van der Waals surface area contributed by atoms with Gasteiger partial charge in [-0.25, -0.2) is 14.2 Å². The van der Waals surface area contributed by atoms with Crippen LogP contribution in [0.5, 0.6) is 0 Å². The molecule has 4 rings (SSSR count). The van der Waals surface area contributed by atoms with Crippen LogP contribution in [-0.2, 0) is 10.3 Å². The number of aromatic nitrogens is 2. The number of benzene rings is 2. The standard InChI is InChI=1S/C27H29FN4O4/c1-17(18-4-6-19(7-5-18)22-14-30-15-23(31-22)24(29)33)32-13-12-27(36-25(32)34,16-26(2,3)35)20-8-10-21(28)11-9-20/h4-11,14-15,17,35H,12-13,16H2,1-3H3,(H2,29,33). The molecule has 36 heavy (non-hydrogen) atoms. The maximum Gasteiger partial charge on any atom is 0.411 e. The van der Waals surface area contributed by atoms with E-state index in [0.29, 0.717) is 24.2 Å². The third kappa shape index (κ3) is 5.36. The number of ether oxygens (including phenoxy) is 1. The van der Waals surface area contributed by atoms with Gasteiger partial charge in [0.15, 0.2) is 0 Å². The van der Waals surface area contributed by atoms with E-state index >= 15 is 0 Å². The van der Waals surface area contributed by atoms with Crippen molar-refractivity contribution in [2.45, 2.75) is 50.9 Å². The van der Waals surface area contributed by atoms with Crippen LogP contribution in [0.15, 0.2) is 60.9 Å². The van der Waals surface area contributed by atoms with E-state index in [4.69, 9.17) is 10.5 Å². The molecule has 3 aromatic rings. The molecule has 9 heteroatoms. The van der Waals surface area contributed by atoms with Crippen molar-refractivity contribution in [2.24, 2.45) is 5.73 Å². The highest BCUT2D eigenvalue weighted by molar-refractivity contribution is 5.90. The summed E-state index contributed by atoms with van der Waals surface area (Å²) in [5.41, 5.74) is 6.00. The SMILES string of the molecule is CC(c1ccc(-c2cncc(C(N)=O)n2)cc1)N1CCC(CC(C)(C)O)(c2ccc(F)cc2)OC1=O. The third-order valence-electron chi connectivity index (χ3n) is 6.41. The number of nitrogens with zero attached hydrogens (tertiary/aromatic N) is 3. The number of halogens is 1. The molecular formula is C27H29FN4O4. The van der Waals surface area contributed by atoms with Gasteiger partial charge in [0, 0.05) is 24.9 Å². The number of aliphatic hydroxyl groups is 1. The van der Waals surface area contributed by atoms with Gasteiger partial charge >= 0.3 is 6.09 Å². The topological polar surface area (TPSA) is 119 Å². The number of rotatable bonds is 7. The van der Waals surface area contributed by atoms with Gasteiger partial charge in [-0.3, -0.25) is 9.78 Å². The number of primary amides is 1. The fraction of sp³-hybridized carbons (Fsp3) is 0.333. The number of carbonyl (C=O) groups is 2. The van der Waals surface area contributed by atoms with E-state index in [2.05, 4.69) is 9.97 Å². The van der Waals surface area contributed by atoms with Crippen molar-refractivity contribution in [1.29, 1.82) is 0 Å². The zero-order valence-electron chi connectivity index (χ0n) is 20.4. The number of carbonyl (C=O) groups excluding carboxylic acids is 2. The molecule has 1 aliphatic heterocycles. The van der Waals surface area contributed by atoms with Gasteiger partial charge in [-0.2, -0.15) is 0 Å². The van der Waals surface area contributed by atoms with E-state index in [1.165, 1.54) is 18.3 Å². The van der Waals surface area contributed by atoms with Crippen molar-refractivity contribution >= 4 is 12.0 Å². The molecule has 3 N–H and O–H groups in total. The molecule has 1 aliphatic rings. The minimum Gasteiger partial charge on any atom is -0.438 e. The minimum absolute atomic E-state index is 0.0803. The summed E-state index contributed by atoms with van der Waals surface area (Å²) < 4.78 is 19.5. The summed E-state index contributed by atoms with van der Waals surface area (Å²) in [6, 6.07) is 13.0. The average molecular weight is 493 g/mol. The summed E-state index contributed by atoms with van der Waals surface area (Å²) >= 11 is 0. The summed E-state index contributed by atoms with van der Waals surface area (Å²) in [6.45, 7) is 5.62. The lowest BCUT2D eigenvalue weighted by molar-refractivity contribution is -0.101. The first kappa shape index (κ1) is 25.2. The number of amides is 2. The summed E-state index contributed by atoms with van der Waals surface area (Å²) in [5, 5.41) is 10.5. The largest absolute Gasteiger partial charge is 0.438 e. The molecule has 0 saturated carbocycles. The first-order valence-electron chi connectivity index (χ1n) is 11.7. The number of hydrogen-bond acceptors (Lipinski definition) is 6. The Morgan fingerprint density at radius 1 is 1.19 bits per heavy atom. The normalized spacial score (nSPS) is 19.0. The monoisotopic (exact) mass is 492 g/mol. The van der Waals surface area contributed by atoms with Gasteiger partial charge in [-0.1, -0.05) is 36.4 Å². The molecule has 0 aliphatic carbocycles. The summed E-state index contributed by atoms with van der Waals surface area (Å²) in [5.74, 6) is -1.04. The molecule has 1 fully saturated rings. The van der Waals surface area contributed by atoms with Crippen LogP contribution in [0, 0.1) is 5.82 Å². The van der Waals surface area contributed by atoms with Crippen molar-refractivity contribution < 1.29 is 23.8 Å². The number of nitrogens with two attached hydrogens (primary N) is 1. The lowest BCUT2D eigenvalue weighted by Crippen LogP contribution is -2.51. The van der Waals surface area contributed by atoms with E-state index in [-0.39, 0.29) is 24.0 Å². The lowest BCUT2D eigenvalue weighted by Gasteiger charge is -2.45. The molecule has 0 radical (unpaired) electrons. The van der Waals surface area contributed by atoms with Crippen LogP contribution in [0.1, 0.15) is 61.3 Å². The van der Waals surface area contributed by atoms with Crippen LogP contribution < -0.4 is 5.73 Å². The Hall–Kier alpha value is -3.85. The smallest absolute Gasteiger partial charge is 0.411 e. The zero-order valence-corrected chi connectivity index (χ0v) is 20.4. The van der Waals surface area contributed by atoms with Crippen molar-refractivity contribution in [3.05, 3.63) is 83.6 Å². The second-order valence-electron chi connectivity index (χ2n) is 9.75. The van der Waals surface area contributed by atoms with E-state index in [1.54, 1.807) is 37.1 Å². The zero-order chi connectivity index (χ0) is 26.1. The predicted octanol–water partition coefficient (Wildman–Crippen LogP) is 4.34. The fourth-order valence-electron chi connectivity index (χ4n) is 4.64. The molecule has 1 aromatic heterocycles. The first-order valence-corrected chi connectivity index (χ1v) is 11.7. The highest BCUT2D eigenvalue weighted by atomic mass is 19.1. The first-order chi connectivity index (χ1) is 17.0. The molecule has 1 saturated heterocycles. The molecule has 2 atom stereocenters. The Morgan fingerprint density at radius 3 is 2.44 bits per heavy atom. The van der Waals surface area contributed by atoms with Crippen LogP contribution in [0.2, 0.25) is 0 Å². The third-order valence-corrected chi connectivity index (χ3v) is 6.41. The van der Waals surface area contributed by atoms with E-state index in [0.717, 1.165) is 11.1 Å². The van der Waals surface area contributed by atoms with Crippen molar-refractivity contribution in [2.75, 3.05) is 6.54 Å². The van der Waals surface area contributed by atoms with Gasteiger partial charge < -0.3 is 20.5 Å². The van der Waals surface area contributed by atoms with Crippen LogP contribution in [0.4, 0.5) is 9.18 Å². The van der Waals surface area contributed by atoms with E-state index < -0.39 is 23.2 Å². The Bertz CT molecular complexity index is 1260. The highest BCUT2D eigenvalue weighted by Crippen LogP contribution is 2.42. The quantitative estimate of drug-likeness (QED) is 0.506. The van der Waals surface area contributed by atoms with Crippen LogP contribution in [-0.4, -0.2) is 44.1 Å². The van der Waals surface area contributed by atoms with Gasteiger partial charge in [0.05, 0.1) is 29.7 Å². The highest BCUT2D eigenvalue weighted by Gasteiger charge is 2.46. The molecule has 0 bridgehead atoms. The van der Waals surface area contributed by atoms with Crippen LogP contribution >= 0.6 is 0 Å². The maximum absolute atomic E-state index is 13.5.